The van der Waals surface area contributed by atoms with Crippen molar-refractivity contribution in [1.29, 1.82) is 5.26 Å². The average molecular weight is 341 g/mol. The molecule has 0 aliphatic heterocycles. The summed E-state index contributed by atoms with van der Waals surface area (Å²) in [6, 6.07) is 12.6. The number of hydrogen-bond donors (Lipinski definition) is 2. The molecule has 0 fully saturated rings. The molecule has 0 radical (unpaired) electrons. The second kappa shape index (κ2) is 8.14. The number of carbonyl (C=O) groups is 1. The maximum absolute atomic E-state index is 12.3. The van der Waals surface area contributed by atoms with Gasteiger partial charge in [-0.2, -0.15) is 5.26 Å². The minimum Gasteiger partial charge on any atom is -0.345 e. The van der Waals surface area contributed by atoms with Crippen molar-refractivity contribution in [2.75, 3.05) is 10.6 Å². The van der Waals surface area contributed by atoms with Gasteiger partial charge in [-0.15, -0.1) is 0 Å². The largest absolute Gasteiger partial charge is 0.345 e. The normalized spacial score (nSPS) is 11.0. The van der Waals surface area contributed by atoms with Gasteiger partial charge in [0.1, 0.15) is 17.5 Å². The first kappa shape index (κ1) is 17.5. The molecule has 2 rings (SSSR count). The quantitative estimate of drug-likeness (QED) is 0.627. The topological polar surface area (TPSA) is 77.8 Å². The Morgan fingerprint density at radius 3 is 2.75 bits per heavy atom. The van der Waals surface area contributed by atoms with Gasteiger partial charge < -0.3 is 10.6 Å². The van der Waals surface area contributed by atoms with Gasteiger partial charge in [-0.05, 0) is 29.7 Å². The highest BCUT2D eigenvalue weighted by Gasteiger charge is 2.13. The Bertz CT molecular complexity index is 809. The molecular formula is C18H17ClN4O. The molecule has 1 amide bonds. The lowest BCUT2D eigenvalue weighted by molar-refractivity contribution is -0.112. The minimum absolute atomic E-state index is 0.0599. The van der Waals surface area contributed by atoms with Crippen molar-refractivity contribution in [2.24, 2.45) is 0 Å². The van der Waals surface area contributed by atoms with Crippen molar-refractivity contribution in [2.45, 2.75) is 19.8 Å². The first-order valence-electron chi connectivity index (χ1n) is 7.40. The van der Waals surface area contributed by atoms with Crippen molar-refractivity contribution in [1.82, 2.24) is 4.98 Å². The van der Waals surface area contributed by atoms with Crippen LogP contribution in [0.1, 0.15) is 25.3 Å². The van der Waals surface area contributed by atoms with Crippen LogP contribution in [-0.2, 0) is 4.79 Å². The van der Waals surface area contributed by atoms with Crippen LogP contribution in [-0.4, -0.2) is 10.9 Å². The number of anilines is 2. The third kappa shape index (κ3) is 4.58. The Morgan fingerprint density at radius 2 is 2.08 bits per heavy atom. The Hall–Kier alpha value is -2.84. The summed E-state index contributed by atoms with van der Waals surface area (Å²) < 4.78 is 0. The van der Waals surface area contributed by atoms with Crippen molar-refractivity contribution < 1.29 is 4.79 Å². The molecule has 0 aliphatic rings. The molecule has 0 saturated carbocycles. The average Bonchev–Trinajstić information content (AvgIpc) is 2.55. The molecule has 1 aromatic carbocycles. The van der Waals surface area contributed by atoms with Gasteiger partial charge >= 0.3 is 0 Å². The van der Waals surface area contributed by atoms with Crippen molar-refractivity contribution in [3.8, 4) is 6.07 Å². The number of nitrogens with zero attached hydrogens (tertiary/aromatic N) is 2. The third-order valence-corrected chi connectivity index (χ3v) is 3.52. The molecule has 2 aromatic rings. The number of nitriles is 1. The van der Waals surface area contributed by atoms with Gasteiger partial charge in [-0.3, -0.25) is 4.79 Å². The molecule has 0 aliphatic carbocycles. The van der Waals surface area contributed by atoms with Crippen LogP contribution in [0.3, 0.4) is 0 Å². The molecule has 0 saturated heterocycles. The van der Waals surface area contributed by atoms with E-state index in [1.54, 1.807) is 12.1 Å². The second-order valence-corrected chi connectivity index (χ2v) is 5.81. The number of benzene rings is 1. The van der Waals surface area contributed by atoms with Gasteiger partial charge in [-0.1, -0.05) is 43.6 Å². The van der Waals surface area contributed by atoms with E-state index >= 15 is 0 Å². The number of pyridine rings is 1. The van der Waals surface area contributed by atoms with E-state index in [0.29, 0.717) is 16.5 Å². The molecule has 1 heterocycles. The van der Waals surface area contributed by atoms with Gasteiger partial charge in [0.25, 0.3) is 5.91 Å². The lowest BCUT2D eigenvalue weighted by Gasteiger charge is -2.13. The molecule has 5 nitrogen and oxygen atoms in total. The van der Waals surface area contributed by atoms with Crippen LogP contribution < -0.4 is 10.6 Å². The van der Waals surface area contributed by atoms with Crippen LogP contribution in [0, 0.1) is 11.3 Å². The van der Waals surface area contributed by atoms with Crippen LogP contribution in [0.5, 0.6) is 0 Å². The zero-order valence-corrected chi connectivity index (χ0v) is 14.1. The van der Waals surface area contributed by atoms with Crippen LogP contribution in [0.25, 0.3) is 0 Å². The highest BCUT2D eigenvalue weighted by molar-refractivity contribution is 6.30. The molecule has 0 unspecified atom stereocenters. The van der Waals surface area contributed by atoms with Crippen molar-refractivity contribution >= 4 is 29.0 Å². The number of aromatic nitrogens is 1. The number of hydrogen-bond acceptors (Lipinski definition) is 4. The highest BCUT2D eigenvalue weighted by Crippen LogP contribution is 2.24. The maximum atomic E-state index is 12.3. The maximum Gasteiger partial charge on any atom is 0.267 e. The van der Waals surface area contributed by atoms with E-state index < -0.39 is 5.91 Å². The summed E-state index contributed by atoms with van der Waals surface area (Å²) in [7, 11) is 0. The van der Waals surface area contributed by atoms with Crippen molar-refractivity contribution in [3.63, 3.8) is 0 Å². The van der Waals surface area contributed by atoms with Gasteiger partial charge in [0, 0.05) is 23.1 Å². The second-order valence-electron chi connectivity index (χ2n) is 5.37. The lowest BCUT2D eigenvalue weighted by Crippen LogP contribution is -2.16. The zero-order chi connectivity index (χ0) is 17.5. The predicted octanol–water partition coefficient (Wildman–Crippen LogP) is 4.32. The zero-order valence-electron chi connectivity index (χ0n) is 13.4. The minimum atomic E-state index is -0.486. The lowest BCUT2D eigenvalue weighted by atomic mass is 10.0. The summed E-state index contributed by atoms with van der Waals surface area (Å²) in [6.45, 7) is 4.08. The van der Waals surface area contributed by atoms with E-state index in [4.69, 9.17) is 11.6 Å². The van der Waals surface area contributed by atoms with E-state index in [9.17, 15) is 10.1 Å². The highest BCUT2D eigenvalue weighted by atomic mass is 35.5. The molecule has 0 spiro atoms. The van der Waals surface area contributed by atoms with E-state index in [-0.39, 0.29) is 11.5 Å². The van der Waals surface area contributed by atoms with E-state index in [1.807, 2.05) is 44.2 Å². The Kier molecular flexibility index (Phi) is 5.94. The Balaban J connectivity index is 2.15. The molecule has 0 bridgehead atoms. The monoisotopic (exact) mass is 340 g/mol. The number of nitrogens with one attached hydrogen (secondary N) is 2. The van der Waals surface area contributed by atoms with Gasteiger partial charge in [0.15, 0.2) is 0 Å². The number of para-hydroxylation sites is 1. The molecule has 122 valence electrons. The number of halogens is 1. The van der Waals surface area contributed by atoms with E-state index in [1.165, 1.54) is 12.4 Å². The van der Waals surface area contributed by atoms with Crippen LogP contribution in [0.4, 0.5) is 11.5 Å². The summed E-state index contributed by atoms with van der Waals surface area (Å²) >= 11 is 5.87. The molecule has 0 atom stereocenters. The molecule has 24 heavy (non-hydrogen) atoms. The third-order valence-electron chi connectivity index (χ3n) is 3.28. The summed E-state index contributed by atoms with van der Waals surface area (Å²) in [5.74, 6) is 0.218. The molecule has 1 aromatic heterocycles. The van der Waals surface area contributed by atoms with Gasteiger partial charge in [0.05, 0.1) is 0 Å². The molecule has 6 heteroatoms. The number of carbonyl (C=O) groups excluding carboxylic acids is 1. The summed E-state index contributed by atoms with van der Waals surface area (Å²) in [5, 5.41) is 15.3. The smallest absolute Gasteiger partial charge is 0.267 e. The fourth-order valence-electron chi connectivity index (χ4n) is 2.08. The van der Waals surface area contributed by atoms with Gasteiger partial charge in [-0.25, -0.2) is 4.98 Å². The SMILES string of the molecule is CC(C)c1ccccc1NC(=O)/C(C#N)=C\Nc1cc(Cl)ccn1. The fraction of sp³-hybridized carbons (Fsp3) is 0.167. The van der Waals surface area contributed by atoms with Crippen LogP contribution >= 0.6 is 11.6 Å². The molecule has 2 N–H and O–H groups in total. The molecular weight excluding hydrogens is 324 g/mol. The Morgan fingerprint density at radius 1 is 1.33 bits per heavy atom. The number of rotatable bonds is 5. The fourth-order valence-corrected chi connectivity index (χ4v) is 2.24. The predicted molar refractivity (Wildman–Crippen MR) is 95.7 cm³/mol. The van der Waals surface area contributed by atoms with Crippen LogP contribution in [0.2, 0.25) is 5.02 Å². The van der Waals surface area contributed by atoms with E-state index in [2.05, 4.69) is 15.6 Å². The Labute approximate surface area is 146 Å². The van der Waals surface area contributed by atoms with Gasteiger partial charge in [0.2, 0.25) is 0 Å². The summed E-state index contributed by atoms with van der Waals surface area (Å²) in [4.78, 5) is 16.4. The van der Waals surface area contributed by atoms with Crippen molar-refractivity contribution in [3.05, 3.63) is 65.0 Å². The summed E-state index contributed by atoms with van der Waals surface area (Å²) in [6.07, 6.45) is 2.84. The van der Waals surface area contributed by atoms with E-state index in [0.717, 1.165) is 5.56 Å². The van der Waals surface area contributed by atoms with Crippen LogP contribution in [0.15, 0.2) is 54.4 Å². The first-order chi connectivity index (χ1) is 11.5. The first-order valence-corrected chi connectivity index (χ1v) is 7.77. The summed E-state index contributed by atoms with van der Waals surface area (Å²) in [5.41, 5.74) is 1.64. The standard InChI is InChI=1S/C18H17ClN4O/c1-12(2)15-5-3-4-6-16(15)23-18(24)13(10-20)11-22-17-9-14(19)7-8-21-17/h3-9,11-12H,1-2H3,(H,21,22)(H,23,24)/b13-11-. The number of amides is 1.